The van der Waals surface area contributed by atoms with Gasteiger partial charge in [-0.3, -0.25) is 19.2 Å². The van der Waals surface area contributed by atoms with Crippen molar-refractivity contribution in [3.63, 3.8) is 0 Å². The molecule has 5 rings (SSSR count). The van der Waals surface area contributed by atoms with E-state index >= 15 is 0 Å². The Balaban J connectivity index is 0.00000160. The molecule has 3 unspecified atom stereocenters. The van der Waals surface area contributed by atoms with Crippen LogP contribution in [0.5, 0.6) is 0 Å². The molecule has 0 bridgehead atoms. The van der Waals surface area contributed by atoms with Gasteiger partial charge in [-0.2, -0.15) is 0 Å². The maximum Gasteiger partial charge on any atom is 0.409 e. The lowest BCUT2D eigenvalue weighted by molar-refractivity contribution is -0.138. The highest BCUT2D eigenvalue weighted by Crippen LogP contribution is 2.42. The fraction of sp³-hybridized carbons (Fsp3) is 0.364. The Bertz CT molecular complexity index is 1530. The van der Waals surface area contributed by atoms with Crippen molar-refractivity contribution in [2.45, 2.75) is 44.2 Å². The molecule has 3 aromatic rings. The first-order chi connectivity index (χ1) is 22.7. The molecule has 3 amide bonds. The minimum absolute atomic E-state index is 0.0542. The van der Waals surface area contributed by atoms with Gasteiger partial charge in [-0.15, -0.1) is 0 Å². The summed E-state index contributed by atoms with van der Waals surface area (Å²) in [5.41, 5.74) is 2.00. The van der Waals surface area contributed by atoms with Crippen LogP contribution in [0.15, 0.2) is 66.7 Å². The number of benzene rings is 2. The van der Waals surface area contributed by atoms with Gasteiger partial charge < -0.3 is 35.4 Å². The molecule has 248 valence electrons. The summed E-state index contributed by atoms with van der Waals surface area (Å²) in [4.78, 5) is 71.2. The van der Waals surface area contributed by atoms with Crippen molar-refractivity contribution >= 4 is 36.2 Å². The van der Waals surface area contributed by atoms with Gasteiger partial charge in [0.25, 0.3) is 12.4 Å². The average molecular weight is 647 g/mol. The Morgan fingerprint density at radius 3 is 2.21 bits per heavy atom. The number of ether oxygens (including phenoxy) is 1. The number of nitrogens with one attached hydrogen (secondary N) is 2. The summed E-state index contributed by atoms with van der Waals surface area (Å²) in [6.07, 6.45) is 0.0684. The first-order valence-electron chi connectivity index (χ1n) is 15.3. The van der Waals surface area contributed by atoms with Crippen LogP contribution in [0.25, 0.3) is 11.4 Å². The van der Waals surface area contributed by atoms with Crippen LogP contribution in [0.4, 0.5) is 10.6 Å². The number of hydrogen-bond acceptors (Lipinski definition) is 9. The zero-order chi connectivity index (χ0) is 33.8. The average Bonchev–Trinajstić information content (AvgIpc) is 3.86. The van der Waals surface area contributed by atoms with E-state index in [0.29, 0.717) is 17.6 Å². The van der Waals surface area contributed by atoms with Gasteiger partial charge in [-0.05, 0) is 25.3 Å². The molecule has 1 saturated carbocycles. The molecule has 4 N–H and O–H groups in total. The molecule has 0 spiro atoms. The van der Waals surface area contributed by atoms with E-state index in [2.05, 4.69) is 32.7 Å². The van der Waals surface area contributed by atoms with Gasteiger partial charge in [0.1, 0.15) is 17.6 Å². The third kappa shape index (κ3) is 9.73. The van der Waals surface area contributed by atoms with E-state index in [1.165, 1.54) is 15.4 Å². The molecule has 3 atom stereocenters. The second-order valence-corrected chi connectivity index (χ2v) is 10.9. The molecule has 2 aromatic carbocycles. The number of anilines is 1. The zero-order valence-electron chi connectivity index (χ0n) is 25.9. The molecule has 1 saturated heterocycles. The lowest BCUT2D eigenvalue weighted by Crippen LogP contribution is -2.56. The van der Waals surface area contributed by atoms with Crippen molar-refractivity contribution in [1.29, 1.82) is 0 Å². The topological polar surface area (TPSA) is 191 Å². The molecule has 47 heavy (non-hydrogen) atoms. The number of carboxylic acid groups (broad SMARTS) is 2. The van der Waals surface area contributed by atoms with Crippen LogP contribution in [0.1, 0.15) is 48.2 Å². The minimum Gasteiger partial charge on any atom is -0.483 e. The summed E-state index contributed by atoms with van der Waals surface area (Å²) in [5.74, 6) is -0.955. The number of amides is 3. The summed E-state index contributed by atoms with van der Waals surface area (Å²) < 4.78 is 5.04. The molecule has 1 aromatic heterocycles. The molecule has 14 nitrogen and oxygen atoms in total. The fourth-order valence-corrected chi connectivity index (χ4v) is 5.27. The van der Waals surface area contributed by atoms with Crippen molar-refractivity contribution in [2.24, 2.45) is 0 Å². The number of nitrogens with zero attached hydrogens (tertiary/aromatic N) is 4. The summed E-state index contributed by atoms with van der Waals surface area (Å²) in [6, 6.07) is 20.1. The first kappa shape index (κ1) is 34.3. The summed E-state index contributed by atoms with van der Waals surface area (Å²) in [7, 11) is 0. The van der Waals surface area contributed by atoms with E-state index in [1.54, 1.807) is 13.0 Å². The number of rotatable bonds is 11. The molecule has 2 aliphatic rings. The highest BCUT2D eigenvalue weighted by atomic mass is 16.6. The Kier molecular flexibility index (Phi) is 12.2. The number of carboxylic acids is 1. The Morgan fingerprint density at radius 2 is 1.60 bits per heavy atom. The lowest BCUT2D eigenvalue weighted by Gasteiger charge is -2.35. The minimum atomic E-state index is -1.09. The van der Waals surface area contributed by atoms with E-state index in [1.807, 2.05) is 48.5 Å². The number of aromatic nitrogens is 2. The predicted octanol–water partition coefficient (Wildman–Crippen LogP) is 3.08. The standard InChI is InChI=1S/C32H36N6O6.CH2O2/c1-2-44-32(43)38-17-15-37(16-18-38)31(42)24(13-14-28(39)40)35-30(41)26-20-27(36-29(34-26)22-11-7-4-8-12-22)33-25-19-23(25)21-9-5-3-6-10-21;2-1-3/h3-12,20,23-25H,2,13-19H2,1H3,(H,35,41)(H,39,40)(H,33,34,36);1H,(H,2,3). The maximum atomic E-state index is 13.6. The molecular weight excluding hydrogens is 608 g/mol. The van der Waals surface area contributed by atoms with Crippen LogP contribution >= 0.6 is 0 Å². The van der Waals surface area contributed by atoms with Gasteiger partial charge in [0.05, 0.1) is 6.61 Å². The van der Waals surface area contributed by atoms with Crippen molar-refractivity contribution in [2.75, 3.05) is 38.1 Å². The van der Waals surface area contributed by atoms with Crippen LogP contribution < -0.4 is 10.6 Å². The van der Waals surface area contributed by atoms with Gasteiger partial charge in [-0.25, -0.2) is 14.8 Å². The van der Waals surface area contributed by atoms with E-state index in [-0.39, 0.29) is 63.8 Å². The maximum absolute atomic E-state index is 13.6. The molecule has 1 aliphatic carbocycles. The van der Waals surface area contributed by atoms with Crippen LogP contribution in [-0.4, -0.2) is 105 Å². The van der Waals surface area contributed by atoms with Crippen LogP contribution in [0.3, 0.4) is 0 Å². The number of piperazine rings is 1. The Labute approximate surface area is 271 Å². The van der Waals surface area contributed by atoms with E-state index in [9.17, 15) is 24.3 Å². The highest BCUT2D eigenvalue weighted by Gasteiger charge is 2.39. The second kappa shape index (κ2) is 16.7. The Morgan fingerprint density at radius 1 is 0.979 bits per heavy atom. The van der Waals surface area contributed by atoms with Gasteiger partial charge in [0.15, 0.2) is 5.82 Å². The summed E-state index contributed by atoms with van der Waals surface area (Å²) in [5, 5.41) is 22.4. The number of carbonyl (C=O) groups excluding carboxylic acids is 3. The van der Waals surface area contributed by atoms with Crippen molar-refractivity contribution in [1.82, 2.24) is 25.1 Å². The van der Waals surface area contributed by atoms with E-state index in [4.69, 9.17) is 14.6 Å². The Hall–Kier alpha value is -5.53. The smallest absolute Gasteiger partial charge is 0.409 e. The predicted molar refractivity (Wildman–Crippen MR) is 171 cm³/mol. The van der Waals surface area contributed by atoms with Gasteiger partial charge >= 0.3 is 12.1 Å². The molecule has 2 fully saturated rings. The van der Waals surface area contributed by atoms with Crippen molar-refractivity contribution < 1.29 is 38.9 Å². The quantitative estimate of drug-likeness (QED) is 0.224. The molecule has 0 radical (unpaired) electrons. The number of hydrogen-bond donors (Lipinski definition) is 4. The zero-order valence-corrected chi connectivity index (χ0v) is 25.9. The fourth-order valence-electron chi connectivity index (χ4n) is 5.27. The van der Waals surface area contributed by atoms with E-state index in [0.717, 1.165) is 12.0 Å². The SMILES string of the molecule is CCOC(=O)N1CCN(C(=O)C(CCC(=O)O)NC(=O)c2cc(NC3CC3c3ccccc3)nc(-c3ccccc3)n2)CC1.O=CO. The van der Waals surface area contributed by atoms with Crippen molar-refractivity contribution in [3.05, 3.63) is 78.0 Å². The van der Waals surface area contributed by atoms with Crippen LogP contribution in [-0.2, 0) is 19.1 Å². The van der Waals surface area contributed by atoms with Gasteiger partial charge in [-0.1, -0.05) is 60.7 Å². The van der Waals surface area contributed by atoms with Crippen LogP contribution in [0.2, 0.25) is 0 Å². The largest absolute Gasteiger partial charge is 0.483 e. The molecule has 1 aliphatic heterocycles. The number of carbonyl (C=O) groups is 5. The molecular formula is C33H38N6O8. The van der Waals surface area contributed by atoms with Gasteiger partial charge in [0.2, 0.25) is 5.91 Å². The summed E-state index contributed by atoms with van der Waals surface area (Å²) >= 11 is 0. The lowest BCUT2D eigenvalue weighted by atomic mass is 10.1. The van der Waals surface area contributed by atoms with Crippen molar-refractivity contribution in [3.8, 4) is 11.4 Å². The monoisotopic (exact) mass is 646 g/mol. The molecule has 2 heterocycles. The third-order valence-electron chi connectivity index (χ3n) is 7.71. The first-order valence-corrected chi connectivity index (χ1v) is 15.3. The number of aliphatic carboxylic acids is 1. The third-order valence-corrected chi connectivity index (χ3v) is 7.71. The molecule has 14 heteroatoms. The normalized spacial score (nSPS) is 17.3. The van der Waals surface area contributed by atoms with Crippen LogP contribution in [0, 0.1) is 0 Å². The van der Waals surface area contributed by atoms with E-state index < -0.39 is 29.9 Å². The highest BCUT2D eigenvalue weighted by molar-refractivity contribution is 5.97. The second-order valence-electron chi connectivity index (χ2n) is 10.9. The summed E-state index contributed by atoms with van der Waals surface area (Å²) in [6.45, 7) is 2.75. The van der Waals surface area contributed by atoms with Gasteiger partial charge in [0, 0.05) is 56.2 Å².